The van der Waals surface area contributed by atoms with Crippen LogP contribution in [0, 0.1) is 0 Å². The van der Waals surface area contributed by atoms with E-state index in [0.29, 0.717) is 6.54 Å². The van der Waals surface area contributed by atoms with E-state index in [2.05, 4.69) is 53.0 Å². The minimum absolute atomic E-state index is 0. The number of halogens is 1. The molecule has 3 rings (SSSR count). The summed E-state index contributed by atoms with van der Waals surface area (Å²) in [4.78, 5) is 16.9. The molecule has 7 heteroatoms. The van der Waals surface area contributed by atoms with Gasteiger partial charge in [-0.2, -0.15) is 0 Å². The second-order valence-electron chi connectivity index (χ2n) is 10.5. The highest BCUT2D eigenvalue weighted by atomic mass is 79.9. The Bertz CT molecular complexity index is 1000. The zero-order valence-electron chi connectivity index (χ0n) is 24.6. The molecule has 0 saturated carbocycles. The van der Waals surface area contributed by atoms with Gasteiger partial charge in [-0.05, 0) is 47.2 Å². The highest BCUT2D eigenvalue weighted by Gasteiger charge is 2.16. The topological polar surface area (TPSA) is 44.8 Å². The SMILES string of the molecule is Br.CCCCCCCCCCCCCCOc1cccc(CN(C(=O)NC)c2cccc(CN3C=CSC3)c2)c1. The van der Waals surface area contributed by atoms with Crippen molar-refractivity contribution in [1.82, 2.24) is 10.2 Å². The molecule has 2 amide bonds. The molecule has 0 saturated heterocycles. The molecular formula is C33H50BrN3O2S. The number of urea groups is 1. The summed E-state index contributed by atoms with van der Waals surface area (Å²) in [6, 6.07) is 16.3. The van der Waals surface area contributed by atoms with Crippen molar-refractivity contribution in [2.45, 2.75) is 97.1 Å². The van der Waals surface area contributed by atoms with Crippen LogP contribution in [0.1, 0.15) is 95.1 Å². The number of thioether (sulfide) groups is 1. The van der Waals surface area contributed by atoms with E-state index in [4.69, 9.17) is 4.74 Å². The van der Waals surface area contributed by atoms with E-state index in [9.17, 15) is 4.79 Å². The van der Waals surface area contributed by atoms with Crippen LogP contribution in [0.5, 0.6) is 5.75 Å². The summed E-state index contributed by atoms with van der Waals surface area (Å²) in [7, 11) is 1.68. The number of carbonyl (C=O) groups is 1. The normalized spacial score (nSPS) is 12.3. The molecule has 0 unspecified atom stereocenters. The molecule has 0 spiro atoms. The van der Waals surface area contributed by atoms with Gasteiger partial charge in [-0.1, -0.05) is 102 Å². The van der Waals surface area contributed by atoms with Gasteiger partial charge in [0.15, 0.2) is 0 Å². The third-order valence-electron chi connectivity index (χ3n) is 7.18. The average molecular weight is 633 g/mol. The number of rotatable bonds is 19. The van der Waals surface area contributed by atoms with Gasteiger partial charge >= 0.3 is 6.03 Å². The Kier molecular flexibility index (Phi) is 17.6. The molecular weight excluding hydrogens is 582 g/mol. The van der Waals surface area contributed by atoms with Crippen molar-refractivity contribution in [1.29, 1.82) is 0 Å². The van der Waals surface area contributed by atoms with Crippen LogP contribution in [-0.4, -0.2) is 30.5 Å². The summed E-state index contributed by atoms with van der Waals surface area (Å²) in [6.45, 7) is 4.34. The fraction of sp³-hybridized carbons (Fsp3) is 0.545. The minimum atomic E-state index is -0.119. The Balaban J connectivity index is 0.00000560. The summed E-state index contributed by atoms with van der Waals surface area (Å²) in [6.07, 6.45) is 18.2. The number of unbranched alkanes of at least 4 members (excludes halogenated alkanes) is 11. The molecule has 0 fully saturated rings. The second-order valence-corrected chi connectivity index (χ2v) is 11.4. The number of carbonyl (C=O) groups excluding carboxylic acids is 1. The van der Waals surface area contributed by atoms with E-state index in [1.165, 1.54) is 76.2 Å². The first-order valence-electron chi connectivity index (χ1n) is 15.0. The smallest absolute Gasteiger partial charge is 0.321 e. The quantitative estimate of drug-likeness (QED) is 0.157. The lowest BCUT2D eigenvalue weighted by Gasteiger charge is -2.24. The number of amides is 2. The van der Waals surface area contributed by atoms with Crippen LogP contribution in [0.15, 0.2) is 60.1 Å². The van der Waals surface area contributed by atoms with Crippen LogP contribution in [0.3, 0.4) is 0 Å². The van der Waals surface area contributed by atoms with E-state index in [1.54, 1.807) is 23.7 Å². The van der Waals surface area contributed by atoms with Crippen LogP contribution in [-0.2, 0) is 13.1 Å². The van der Waals surface area contributed by atoms with Gasteiger partial charge in [-0.3, -0.25) is 4.90 Å². The third kappa shape index (κ3) is 13.0. The summed E-state index contributed by atoms with van der Waals surface area (Å²) >= 11 is 1.80. The Morgan fingerprint density at radius 2 is 1.55 bits per heavy atom. The lowest BCUT2D eigenvalue weighted by atomic mass is 10.1. The van der Waals surface area contributed by atoms with Crippen molar-refractivity contribution in [3.8, 4) is 5.75 Å². The van der Waals surface area contributed by atoms with Gasteiger partial charge in [-0.15, -0.1) is 28.7 Å². The molecule has 5 nitrogen and oxygen atoms in total. The molecule has 0 aromatic heterocycles. The van der Waals surface area contributed by atoms with E-state index in [0.717, 1.165) is 42.4 Å². The van der Waals surface area contributed by atoms with Crippen LogP contribution in [0.2, 0.25) is 0 Å². The summed E-state index contributed by atoms with van der Waals surface area (Å²) in [5, 5.41) is 4.92. The molecule has 1 heterocycles. The first kappa shape index (κ1) is 34.1. The largest absolute Gasteiger partial charge is 0.494 e. The van der Waals surface area contributed by atoms with Crippen LogP contribution in [0.25, 0.3) is 0 Å². The molecule has 0 radical (unpaired) electrons. The van der Waals surface area contributed by atoms with Gasteiger partial charge in [0.05, 0.1) is 19.0 Å². The molecule has 1 N–H and O–H groups in total. The van der Waals surface area contributed by atoms with Crippen molar-refractivity contribution in [3.63, 3.8) is 0 Å². The summed E-state index contributed by atoms with van der Waals surface area (Å²) in [5.74, 6) is 1.84. The van der Waals surface area contributed by atoms with E-state index in [-0.39, 0.29) is 23.0 Å². The number of benzene rings is 2. The highest BCUT2D eigenvalue weighted by Crippen LogP contribution is 2.24. The molecule has 222 valence electrons. The molecule has 1 aliphatic rings. The molecule has 0 bridgehead atoms. The van der Waals surface area contributed by atoms with Gasteiger partial charge in [-0.25, -0.2) is 4.79 Å². The van der Waals surface area contributed by atoms with Gasteiger partial charge in [0.2, 0.25) is 0 Å². The first-order valence-corrected chi connectivity index (χ1v) is 16.1. The van der Waals surface area contributed by atoms with Crippen molar-refractivity contribution >= 4 is 40.5 Å². The van der Waals surface area contributed by atoms with E-state index in [1.807, 2.05) is 24.3 Å². The number of hydrogen-bond donors (Lipinski definition) is 1. The van der Waals surface area contributed by atoms with Gasteiger partial charge in [0.25, 0.3) is 0 Å². The lowest BCUT2D eigenvalue weighted by molar-refractivity contribution is 0.248. The maximum Gasteiger partial charge on any atom is 0.321 e. The fourth-order valence-electron chi connectivity index (χ4n) is 4.93. The number of nitrogens with one attached hydrogen (secondary N) is 1. The van der Waals surface area contributed by atoms with Crippen molar-refractivity contribution in [2.24, 2.45) is 0 Å². The first-order chi connectivity index (χ1) is 19.2. The van der Waals surface area contributed by atoms with Crippen LogP contribution >= 0.6 is 28.7 Å². The second kappa shape index (κ2) is 20.7. The summed E-state index contributed by atoms with van der Waals surface area (Å²) in [5.41, 5.74) is 3.13. The van der Waals surface area contributed by atoms with Gasteiger partial charge in [0, 0.05) is 25.5 Å². The molecule has 2 aromatic rings. The van der Waals surface area contributed by atoms with Crippen molar-refractivity contribution < 1.29 is 9.53 Å². The molecule has 1 aliphatic heterocycles. The van der Waals surface area contributed by atoms with Crippen LogP contribution in [0.4, 0.5) is 10.5 Å². The van der Waals surface area contributed by atoms with E-state index >= 15 is 0 Å². The van der Waals surface area contributed by atoms with Crippen LogP contribution < -0.4 is 15.0 Å². The van der Waals surface area contributed by atoms with Gasteiger partial charge < -0.3 is 15.0 Å². The monoisotopic (exact) mass is 631 g/mol. The maximum atomic E-state index is 12.8. The molecule has 0 atom stereocenters. The predicted octanol–water partition coefficient (Wildman–Crippen LogP) is 9.67. The third-order valence-corrected chi connectivity index (χ3v) is 7.98. The Morgan fingerprint density at radius 1 is 0.900 bits per heavy atom. The Morgan fingerprint density at radius 3 is 2.20 bits per heavy atom. The lowest BCUT2D eigenvalue weighted by Crippen LogP contribution is -2.37. The minimum Gasteiger partial charge on any atom is -0.494 e. The zero-order chi connectivity index (χ0) is 27.5. The molecule has 0 aliphatic carbocycles. The molecule has 2 aromatic carbocycles. The molecule has 40 heavy (non-hydrogen) atoms. The summed E-state index contributed by atoms with van der Waals surface area (Å²) < 4.78 is 6.07. The Hall–Kier alpha value is -2.12. The number of hydrogen-bond acceptors (Lipinski definition) is 4. The van der Waals surface area contributed by atoms with Crippen molar-refractivity contribution in [3.05, 3.63) is 71.3 Å². The zero-order valence-corrected chi connectivity index (χ0v) is 27.1. The maximum absolute atomic E-state index is 12.8. The van der Waals surface area contributed by atoms with Crippen molar-refractivity contribution in [2.75, 3.05) is 24.4 Å². The fourth-order valence-corrected chi connectivity index (χ4v) is 5.64. The highest BCUT2D eigenvalue weighted by molar-refractivity contribution is 8.93. The number of nitrogens with zero attached hydrogens (tertiary/aromatic N) is 2. The number of ether oxygens (including phenoxy) is 1. The average Bonchev–Trinajstić information content (AvgIpc) is 3.47. The standard InChI is InChI=1S/C33H49N3O2S.BrH/c1-3-4-5-6-7-8-9-10-11-12-13-14-22-38-32-20-16-18-30(25-32)27-36(33(37)34-2)31-19-15-17-29(24-31)26-35-21-23-39-28-35;/h15-21,23-25H,3-14,22,26-28H2,1-2H3,(H,34,37);1H. The number of anilines is 1. The van der Waals surface area contributed by atoms with E-state index < -0.39 is 0 Å². The predicted molar refractivity (Wildman–Crippen MR) is 178 cm³/mol. The van der Waals surface area contributed by atoms with Gasteiger partial charge in [0.1, 0.15) is 5.75 Å². The Labute approximate surface area is 257 Å².